The molecule has 0 unspecified atom stereocenters. The topological polar surface area (TPSA) is 52.6 Å². The highest BCUT2D eigenvalue weighted by molar-refractivity contribution is 5.76. The zero-order valence-corrected chi connectivity index (χ0v) is 8.34. The molecule has 13 heavy (non-hydrogen) atoms. The van der Waals surface area contributed by atoms with Crippen molar-refractivity contribution in [2.24, 2.45) is 0 Å². The average molecular weight is 186 g/mol. The van der Waals surface area contributed by atoms with Gasteiger partial charge in [0, 0.05) is 20.6 Å². The molecular weight excluding hydrogens is 168 g/mol. The minimum absolute atomic E-state index is 0.00815. The first-order valence-electron chi connectivity index (χ1n) is 4.67. The molecule has 1 saturated heterocycles. The molecule has 1 amide bonds. The zero-order chi connectivity index (χ0) is 9.90. The molecular formula is C9H18N2O2. The first-order chi connectivity index (χ1) is 6.03. The molecule has 1 fully saturated rings. The number of β-amino-alcohol motifs (C(OH)–C–C–N with tert-alkyl or cyclic N) is 1. The second-order valence-corrected chi connectivity index (χ2v) is 3.97. The van der Waals surface area contributed by atoms with Crippen LogP contribution in [-0.4, -0.2) is 48.7 Å². The molecule has 0 spiro atoms. The molecule has 76 valence electrons. The predicted molar refractivity (Wildman–Crippen MR) is 50.4 cm³/mol. The van der Waals surface area contributed by atoms with Crippen LogP contribution in [0.25, 0.3) is 0 Å². The van der Waals surface area contributed by atoms with Crippen LogP contribution in [0.2, 0.25) is 0 Å². The first-order valence-corrected chi connectivity index (χ1v) is 4.67. The zero-order valence-electron chi connectivity index (χ0n) is 8.34. The summed E-state index contributed by atoms with van der Waals surface area (Å²) in [5.41, 5.74) is -0.820. The largest absolute Gasteiger partial charge is 0.388 e. The van der Waals surface area contributed by atoms with Crippen LogP contribution < -0.4 is 5.32 Å². The summed E-state index contributed by atoms with van der Waals surface area (Å²) in [7, 11) is 3.42. The quantitative estimate of drug-likeness (QED) is 0.616. The Labute approximate surface area is 78.9 Å². The fourth-order valence-electron chi connectivity index (χ4n) is 1.54. The molecule has 4 heteroatoms. The van der Waals surface area contributed by atoms with E-state index < -0.39 is 5.60 Å². The number of nitrogens with one attached hydrogen (secondary N) is 1. The number of hydrogen-bond acceptors (Lipinski definition) is 3. The van der Waals surface area contributed by atoms with Crippen molar-refractivity contribution in [2.75, 3.05) is 27.2 Å². The highest BCUT2D eigenvalue weighted by atomic mass is 16.3. The van der Waals surface area contributed by atoms with Crippen molar-refractivity contribution in [3.8, 4) is 0 Å². The summed E-state index contributed by atoms with van der Waals surface area (Å²) < 4.78 is 0. The highest BCUT2D eigenvalue weighted by Gasteiger charge is 2.32. The highest BCUT2D eigenvalue weighted by Crippen LogP contribution is 2.20. The van der Waals surface area contributed by atoms with Gasteiger partial charge in [0.25, 0.3) is 0 Å². The van der Waals surface area contributed by atoms with Crippen molar-refractivity contribution in [3.05, 3.63) is 0 Å². The lowest BCUT2D eigenvalue weighted by atomic mass is 9.90. The van der Waals surface area contributed by atoms with Crippen molar-refractivity contribution in [3.63, 3.8) is 0 Å². The Hall–Kier alpha value is -0.610. The molecule has 1 aliphatic heterocycles. The van der Waals surface area contributed by atoms with Crippen molar-refractivity contribution >= 4 is 5.91 Å². The molecule has 1 heterocycles. The molecule has 0 bridgehead atoms. The molecule has 1 rings (SSSR count). The number of piperidine rings is 1. The Balaban J connectivity index is 2.45. The molecule has 1 aliphatic rings. The Morgan fingerprint density at radius 2 is 2.31 bits per heavy atom. The van der Waals surface area contributed by atoms with Crippen molar-refractivity contribution in [1.29, 1.82) is 0 Å². The van der Waals surface area contributed by atoms with Gasteiger partial charge in [-0.25, -0.2) is 0 Å². The van der Waals surface area contributed by atoms with Crippen LogP contribution in [0.1, 0.15) is 19.3 Å². The minimum Gasteiger partial charge on any atom is -0.388 e. The summed E-state index contributed by atoms with van der Waals surface area (Å²) in [4.78, 5) is 12.9. The van der Waals surface area contributed by atoms with E-state index in [4.69, 9.17) is 0 Å². The maximum absolute atomic E-state index is 11.4. The van der Waals surface area contributed by atoms with Gasteiger partial charge in [0.1, 0.15) is 0 Å². The first kappa shape index (κ1) is 10.5. The Morgan fingerprint density at radius 3 is 2.77 bits per heavy atom. The third-order valence-electron chi connectivity index (χ3n) is 2.43. The Bertz CT molecular complexity index is 186. The number of aliphatic hydroxyl groups is 1. The molecule has 0 aromatic heterocycles. The monoisotopic (exact) mass is 186 g/mol. The van der Waals surface area contributed by atoms with E-state index in [0.29, 0.717) is 6.54 Å². The van der Waals surface area contributed by atoms with Gasteiger partial charge in [0.05, 0.1) is 12.0 Å². The van der Waals surface area contributed by atoms with Crippen LogP contribution in [0, 0.1) is 0 Å². The van der Waals surface area contributed by atoms with E-state index in [0.717, 1.165) is 19.4 Å². The summed E-state index contributed by atoms with van der Waals surface area (Å²) in [5, 5.41) is 13.1. The van der Waals surface area contributed by atoms with E-state index in [2.05, 4.69) is 5.32 Å². The third-order valence-corrected chi connectivity index (χ3v) is 2.43. The molecule has 0 aromatic carbocycles. The molecule has 2 N–H and O–H groups in total. The van der Waals surface area contributed by atoms with E-state index in [1.54, 1.807) is 14.1 Å². The maximum atomic E-state index is 11.4. The van der Waals surface area contributed by atoms with E-state index in [9.17, 15) is 9.90 Å². The van der Waals surface area contributed by atoms with Gasteiger partial charge >= 0.3 is 0 Å². The fraction of sp³-hybridized carbons (Fsp3) is 0.889. The molecule has 4 nitrogen and oxygen atoms in total. The summed E-state index contributed by atoms with van der Waals surface area (Å²) in [6, 6.07) is 0. The van der Waals surface area contributed by atoms with Gasteiger partial charge in [-0.05, 0) is 19.4 Å². The maximum Gasteiger partial charge on any atom is 0.224 e. The van der Waals surface area contributed by atoms with Crippen LogP contribution in [0.4, 0.5) is 0 Å². The van der Waals surface area contributed by atoms with Crippen LogP contribution in [-0.2, 0) is 4.79 Å². The Morgan fingerprint density at radius 1 is 1.62 bits per heavy atom. The summed E-state index contributed by atoms with van der Waals surface area (Å²) >= 11 is 0. The predicted octanol–water partition coefficient (Wildman–Crippen LogP) is -0.421. The van der Waals surface area contributed by atoms with E-state index in [-0.39, 0.29) is 12.3 Å². The normalized spacial score (nSPS) is 28.5. The second kappa shape index (κ2) is 4.07. The van der Waals surface area contributed by atoms with Gasteiger partial charge in [-0.15, -0.1) is 0 Å². The SMILES string of the molecule is CN(C)C(=O)C[C@@]1(O)CCCNC1. The van der Waals surface area contributed by atoms with Crippen LogP contribution in [0.5, 0.6) is 0 Å². The lowest BCUT2D eigenvalue weighted by Crippen LogP contribution is -2.48. The van der Waals surface area contributed by atoms with Crippen molar-refractivity contribution in [1.82, 2.24) is 10.2 Å². The van der Waals surface area contributed by atoms with Gasteiger partial charge in [0.15, 0.2) is 0 Å². The van der Waals surface area contributed by atoms with Gasteiger partial charge in [-0.3, -0.25) is 4.79 Å². The molecule has 1 atom stereocenters. The summed E-state index contributed by atoms with van der Waals surface area (Å²) in [6.45, 7) is 1.48. The number of hydrogen-bond donors (Lipinski definition) is 2. The van der Waals surface area contributed by atoms with Crippen molar-refractivity contribution in [2.45, 2.75) is 24.9 Å². The number of rotatable bonds is 2. The van der Waals surface area contributed by atoms with Crippen LogP contribution in [0.3, 0.4) is 0 Å². The molecule has 0 radical (unpaired) electrons. The van der Waals surface area contributed by atoms with Gasteiger partial charge in [-0.2, -0.15) is 0 Å². The van der Waals surface area contributed by atoms with Gasteiger partial charge in [-0.1, -0.05) is 0 Å². The van der Waals surface area contributed by atoms with Gasteiger partial charge < -0.3 is 15.3 Å². The number of carbonyl (C=O) groups is 1. The Kier molecular flexibility index (Phi) is 3.27. The van der Waals surface area contributed by atoms with Crippen LogP contribution in [0.15, 0.2) is 0 Å². The van der Waals surface area contributed by atoms with Gasteiger partial charge in [0.2, 0.25) is 5.91 Å². The lowest BCUT2D eigenvalue weighted by molar-refractivity contribution is -0.134. The fourth-order valence-corrected chi connectivity index (χ4v) is 1.54. The van der Waals surface area contributed by atoms with E-state index >= 15 is 0 Å². The minimum atomic E-state index is -0.820. The second-order valence-electron chi connectivity index (χ2n) is 3.97. The third kappa shape index (κ3) is 2.97. The summed E-state index contributed by atoms with van der Waals surface area (Å²) in [6.07, 6.45) is 1.89. The standard InChI is InChI=1S/C9H18N2O2/c1-11(2)8(12)6-9(13)4-3-5-10-7-9/h10,13H,3-7H2,1-2H3/t9-/m0/s1. The average Bonchev–Trinajstić information content (AvgIpc) is 2.04. The molecule has 0 aromatic rings. The lowest BCUT2D eigenvalue weighted by Gasteiger charge is -2.32. The number of carbonyl (C=O) groups excluding carboxylic acids is 1. The van der Waals surface area contributed by atoms with Crippen molar-refractivity contribution < 1.29 is 9.90 Å². The molecule has 0 saturated carbocycles. The number of nitrogens with zero attached hydrogens (tertiary/aromatic N) is 1. The number of amides is 1. The summed E-state index contributed by atoms with van der Waals surface area (Å²) in [5.74, 6) is -0.00815. The van der Waals surface area contributed by atoms with Crippen LogP contribution >= 0.6 is 0 Å². The van der Waals surface area contributed by atoms with E-state index in [1.165, 1.54) is 4.90 Å². The molecule has 0 aliphatic carbocycles. The smallest absolute Gasteiger partial charge is 0.224 e. The van der Waals surface area contributed by atoms with E-state index in [1.807, 2.05) is 0 Å².